The Bertz CT molecular complexity index is 697. The highest BCUT2D eigenvalue weighted by atomic mass is 35.5. The Labute approximate surface area is 139 Å². The lowest BCUT2D eigenvalue weighted by Gasteiger charge is -2.34. The maximum absolute atomic E-state index is 6.23. The van der Waals surface area contributed by atoms with Crippen molar-refractivity contribution in [1.29, 1.82) is 0 Å². The second kappa shape index (κ2) is 5.90. The monoisotopic (exact) mass is 339 g/mol. The summed E-state index contributed by atoms with van der Waals surface area (Å²) in [6, 6.07) is 3.62. The van der Waals surface area contributed by atoms with Gasteiger partial charge in [0.15, 0.2) is 17.3 Å². The van der Waals surface area contributed by atoms with Gasteiger partial charge in [0, 0.05) is 5.56 Å². The summed E-state index contributed by atoms with van der Waals surface area (Å²) in [5.74, 6) is 2.76. The predicted molar refractivity (Wildman–Crippen MR) is 84.2 cm³/mol. The first-order chi connectivity index (χ1) is 10.7. The third-order valence-electron chi connectivity index (χ3n) is 4.19. The molecule has 1 aliphatic carbocycles. The van der Waals surface area contributed by atoms with Crippen LogP contribution < -0.4 is 19.9 Å². The van der Waals surface area contributed by atoms with Crippen LogP contribution in [0.2, 0.25) is 0 Å². The molecule has 7 nitrogen and oxygen atoms in total. The lowest BCUT2D eigenvalue weighted by Crippen LogP contribution is -2.44. The maximum Gasteiger partial charge on any atom is 0.258 e. The quantitative estimate of drug-likeness (QED) is 0.916. The van der Waals surface area contributed by atoms with Crippen LogP contribution in [0.5, 0.6) is 17.2 Å². The van der Waals surface area contributed by atoms with Crippen LogP contribution in [0.25, 0.3) is 11.5 Å². The van der Waals surface area contributed by atoms with E-state index in [2.05, 4.69) is 10.1 Å². The molecule has 0 radical (unpaired) electrons. The van der Waals surface area contributed by atoms with Gasteiger partial charge in [-0.25, -0.2) is 0 Å². The SMILES string of the molecule is COc1cc(-c2nc(C3(N)CCC3)no2)cc2c1OCCO2.Cl. The van der Waals surface area contributed by atoms with Gasteiger partial charge in [-0.15, -0.1) is 12.4 Å². The third kappa shape index (κ3) is 2.60. The highest BCUT2D eigenvalue weighted by Crippen LogP contribution is 2.43. The summed E-state index contributed by atoms with van der Waals surface area (Å²) in [6.07, 6.45) is 2.87. The van der Waals surface area contributed by atoms with Crippen molar-refractivity contribution in [1.82, 2.24) is 10.1 Å². The number of benzene rings is 1. The van der Waals surface area contributed by atoms with Crippen LogP contribution in [-0.4, -0.2) is 30.5 Å². The number of methoxy groups -OCH3 is 1. The Morgan fingerprint density at radius 2 is 2.00 bits per heavy atom. The number of rotatable bonds is 3. The van der Waals surface area contributed by atoms with Crippen molar-refractivity contribution < 1.29 is 18.7 Å². The molecule has 124 valence electrons. The zero-order valence-corrected chi connectivity index (χ0v) is 13.5. The molecule has 1 aliphatic heterocycles. The van der Waals surface area contributed by atoms with Crippen molar-refractivity contribution in [2.24, 2.45) is 5.73 Å². The van der Waals surface area contributed by atoms with Crippen LogP contribution in [0.1, 0.15) is 25.1 Å². The minimum absolute atomic E-state index is 0. The summed E-state index contributed by atoms with van der Waals surface area (Å²) in [4.78, 5) is 4.44. The fourth-order valence-corrected chi connectivity index (χ4v) is 2.72. The van der Waals surface area contributed by atoms with E-state index in [1.165, 1.54) is 0 Å². The molecular weight excluding hydrogens is 322 g/mol. The average molecular weight is 340 g/mol. The lowest BCUT2D eigenvalue weighted by atomic mass is 9.77. The van der Waals surface area contributed by atoms with E-state index in [4.69, 9.17) is 24.5 Å². The molecule has 1 saturated carbocycles. The van der Waals surface area contributed by atoms with E-state index in [-0.39, 0.29) is 12.4 Å². The van der Waals surface area contributed by atoms with Crippen molar-refractivity contribution in [3.63, 3.8) is 0 Å². The van der Waals surface area contributed by atoms with Gasteiger partial charge in [0.05, 0.1) is 12.6 Å². The Morgan fingerprint density at radius 3 is 2.70 bits per heavy atom. The summed E-state index contributed by atoms with van der Waals surface area (Å²) in [6.45, 7) is 1.00. The van der Waals surface area contributed by atoms with Gasteiger partial charge in [-0.05, 0) is 31.4 Å². The first-order valence-corrected chi connectivity index (χ1v) is 7.31. The minimum Gasteiger partial charge on any atom is -0.493 e. The largest absolute Gasteiger partial charge is 0.493 e. The molecule has 0 atom stereocenters. The van der Waals surface area contributed by atoms with E-state index in [0.29, 0.717) is 42.2 Å². The van der Waals surface area contributed by atoms with Gasteiger partial charge in [-0.3, -0.25) is 0 Å². The number of fused-ring (bicyclic) bond motifs is 1. The summed E-state index contributed by atoms with van der Waals surface area (Å²) >= 11 is 0. The molecule has 0 saturated heterocycles. The van der Waals surface area contributed by atoms with Gasteiger partial charge < -0.3 is 24.5 Å². The van der Waals surface area contributed by atoms with E-state index in [1.54, 1.807) is 13.2 Å². The maximum atomic E-state index is 6.23. The highest BCUT2D eigenvalue weighted by Gasteiger charge is 2.39. The van der Waals surface area contributed by atoms with Crippen molar-refractivity contribution in [2.75, 3.05) is 20.3 Å². The van der Waals surface area contributed by atoms with Crippen LogP contribution in [0.4, 0.5) is 0 Å². The van der Waals surface area contributed by atoms with E-state index in [1.807, 2.05) is 6.07 Å². The first kappa shape index (κ1) is 15.9. The lowest BCUT2D eigenvalue weighted by molar-refractivity contribution is 0.165. The Morgan fingerprint density at radius 1 is 1.22 bits per heavy atom. The first-order valence-electron chi connectivity index (χ1n) is 7.31. The number of aromatic nitrogens is 2. The number of ether oxygens (including phenoxy) is 3. The van der Waals surface area contributed by atoms with Crippen molar-refractivity contribution in [3.8, 4) is 28.7 Å². The highest BCUT2D eigenvalue weighted by molar-refractivity contribution is 5.85. The molecule has 0 unspecified atom stereocenters. The average Bonchev–Trinajstić information content (AvgIpc) is 3.01. The molecule has 0 amide bonds. The molecule has 23 heavy (non-hydrogen) atoms. The molecule has 0 bridgehead atoms. The van der Waals surface area contributed by atoms with Gasteiger partial charge in [-0.1, -0.05) is 5.16 Å². The van der Waals surface area contributed by atoms with E-state index in [0.717, 1.165) is 24.8 Å². The van der Waals surface area contributed by atoms with Gasteiger partial charge in [0.2, 0.25) is 5.75 Å². The number of nitrogens with two attached hydrogens (primary N) is 1. The van der Waals surface area contributed by atoms with E-state index < -0.39 is 5.54 Å². The number of nitrogens with zero attached hydrogens (tertiary/aromatic N) is 2. The zero-order chi connectivity index (χ0) is 15.2. The molecule has 1 aromatic carbocycles. The molecule has 8 heteroatoms. The van der Waals surface area contributed by atoms with Crippen molar-refractivity contribution >= 4 is 12.4 Å². The second-order valence-corrected chi connectivity index (χ2v) is 5.64. The van der Waals surface area contributed by atoms with E-state index in [9.17, 15) is 0 Å². The molecule has 4 rings (SSSR count). The topological polar surface area (TPSA) is 92.6 Å². The molecule has 0 spiro atoms. The van der Waals surface area contributed by atoms with Crippen molar-refractivity contribution in [2.45, 2.75) is 24.8 Å². The van der Waals surface area contributed by atoms with Crippen LogP contribution in [0.3, 0.4) is 0 Å². The Balaban J connectivity index is 0.00000156. The smallest absolute Gasteiger partial charge is 0.258 e. The molecule has 1 fully saturated rings. The normalized spacial score (nSPS) is 17.8. The molecule has 2 heterocycles. The Hall–Kier alpha value is -1.99. The van der Waals surface area contributed by atoms with Gasteiger partial charge >= 0.3 is 0 Å². The minimum atomic E-state index is -0.445. The number of hydrogen-bond donors (Lipinski definition) is 1. The van der Waals surface area contributed by atoms with E-state index >= 15 is 0 Å². The van der Waals surface area contributed by atoms with Crippen LogP contribution in [0, 0.1) is 0 Å². The second-order valence-electron chi connectivity index (χ2n) is 5.64. The zero-order valence-electron chi connectivity index (χ0n) is 12.7. The van der Waals surface area contributed by atoms with Gasteiger partial charge in [0.1, 0.15) is 13.2 Å². The van der Waals surface area contributed by atoms with Gasteiger partial charge in [0.25, 0.3) is 5.89 Å². The molecule has 2 N–H and O–H groups in total. The van der Waals surface area contributed by atoms with Crippen LogP contribution in [0.15, 0.2) is 16.7 Å². The summed E-state index contributed by atoms with van der Waals surface area (Å²) < 4.78 is 21.9. The molecular formula is C15H18ClN3O4. The number of halogens is 1. The van der Waals surface area contributed by atoms with Gasteiger partial charge in [-0.2, -0.15) is 4.98 Å². The van der Waals surface area contributed by atoms with Crippen molar-refractivity contribution in [3.05, 3.63) is 18.0 Å². The standard InChI is InChI=1S/C15H17N3O4.ClH/c1-19-10-7-9(8-11-12(10)21-6-5-20-11)13-17-14(18-22-13)15(16)3-2-4-15;/h7-8H,2-6,16H2,1H3;1H. The summed E-state index contributed by atoms with van der Waals surface area (Å²) in [5, 5.41) is 4.03. The third-order valence-corrected chi connectivity index (χ3v) is 4.19. The fraction of sp³-hybridized carbons (Fsp3) is 0.467. The molecule has 2 aliphatic rings. The van der Waals surface area contributed by atoms with Crippen LogP contribution >= 0.6 is 12.4 Å². The summed E-state index contributed by atoms with van der Waals surface area (Å²) in [7, 11) is 1.58. The number of hydrogen-bond acceptors (Lipinski definition) is 7. The molecule has 1 aromatic heterocycles. The Kier molecular flexibility index (Phi) is 4.08. The summed E-state index contributed by atoms with van der Waals surface area (Å²) in [5.41, 5.74) is 6.51. The molecule has 2 aromatic rings. The fourth-order valence-electron chi connectivity index (χ4n) is 2.72. The predicted octanol–water partition coefficient (Wildman–Crippen LogP) is 2.28. The van der Waals surface area contributed by atoms with Crippen LogP contribution in [-0.2, 0) is 5.54 Å².